The van der Waals surface area contributed by atoms with Crippen LogP contribution in [-0.4, -0.2) is 49.8 Å². The van der Waals surface area contributed by atoms with E-state index < -0.39 is 24.0 Å². The second-order valence-corrected chi connectivity index (χ2v) is 13.6. The molecule has 44 heavy (non-hydrogen) atoms. The molecule has 2 N–H and O–H groups in total. The Morgan fingerprint density at radius 1 is 0.977 bits per heavy atom. The van der Waals surface area contributed by atoms with E-state index >= 15 is 0 Å². The minimum atomic E-state index is -1.11. The standard InChI is InChI=1S/C33H50FN5O5/c1-4-6-8-21-10-14-23(15-11-21)30(40)42-19-33(3)25(43-31(41)24-16-12-22(13-17-24)9-7-5-2)18-26(44-33)39-20-36-27-28(35)37-32(34)38-29(27)39/h20-26H,4-19H2,1-3H3,(H2,35,37,38)/t21?,22?,23?,24?,25-,26+,33+/m0/s1. The smallest absolute Gasteiger partial charge is 0.312 e. The molecule has 244 valence electrons. The number of halogens is 1. The van der Waals surface area contributed by atoms with Gasteiger partial charge in [-0.15, -0.1) is 0 Å². The highest BCUT2D eigenvalue weighted by molar-refractivity contribution is 5.81. The van der Waals surface area contributed by atoms with Crippen LogP contribution < -0.4 is 5.73 Å². The summed E-state index contributed by atoms with van der Waals surface area (Å²) >= 11 is 0. The number of carbonyl (C=O) groups is 2. The van der Waals surface area contributed by atoms with Gasteiger partial charge in [-0.25, -0.2) is 4.98 Å². The van der Waals surface area contributed by atoms with Crippen molar-refractivity contribution in [2.75, 3.05) is 12.3 Å². The van der Waals surface area contributed by atoms with Crippen molar-refractivity contribution in [2.24, 2.45) is 23.7 Å². The minimum absolute atomic E-state index is 0.0576. The van der Waals surface area contributed by atoms with Gasteiger partial charge in [0.25, 0.3) is 0 Å². The number of rotatable bonds is 12. The maximum atomic E-state index is 14.1. The van der Waals surface area contributed by atoms with Gasteiger partial charge in [0.05, 0.1) is 18.2 Å². The van der Waals surface area contributed by atoms with E-state index in [4.69, 9.17) is 19.9 Å². The number of nitrogens with two attached hydrogens (primary N) is 1. The second-order valence-electron chi connectivity index (χ2n) is 13.6. The van der Waals surface area contributed by atoms with E-state index in [-0.39, 0.29) is 53.8 Å². The Morgan fingerprint density at radius 3 is 2.16 bits per heavy atom. The van der Waals surface area contributed by atoms with Gasteiger partial charge in [-0.2, -0.15) is 14.4 Å². The van der Waals surface area contributed by atoms with Crippen molar-refractivity contribution in [1.29, 1.82) is 0 Å². The molecule has 0 spiro atoms. The first-order valence-electron chi connectivity index (χ1n) is 16.9. The van der Waals surface area contributed by atoms with Gasteiger partial charge in [0.1, 0.15) is 24.5 Å². The Balaban J connectivity index is 1.27. The summed E-state index contributed by atoms with van der Waals surface area (Å²) in [5.74, 6) is 0.559. The number of hydrogen-bond donors (Lipinski definition) is 1. The molecule has 3 aliphatic rings. The van der Waals surface area contributed by atoms with Crippen LogP contribution in [0.1, 0.15) is 123 Å². The van der Waals surface area contributed by atoms with Crippen LogP contribution in [0.15, 0.2) is 6.33 Å². The molecule has 0 bridgehead atoms. The monoisotopic (exact) mass is 615 g/mol. The number of aromatic nitrogens is 4. The quantitative estimate of drug-likeness (QED) is 0.205. The number of unbranched alkanes of at least 4 members (excludes halogenated alkanes) is 2. The molecule has 0 aromatic carbocycles. The first-order valence-corrected chi connectivity index (χ1v) is 16.9. The molecule has 0 radical (unpaired) electrons. The third kappa shape index (κ3) is 7.51. The summed E-state index contributed by atoms with van der Waals surface area (Å²) in [6.45, 7) is 6.17. The molecule has 0 amide bonds. The first-order chi connectivity index (χ1) is 21.2. The minimum Gasteiger partial charge on any atom is -0.462 e. The van der Waals surface area contributed by atoms with Crippen LogP contribution in [0, 0.1) is 29.7 Å². The number of carbonyl (C=O) groups excluding carboxylic acids is 2. The fourth-order valence-corrected chi connectivity index (χ4v) is 7.39. The summed E-state index contributed by atoms with van der Waals surface area (Å²) < 4.78 is 34.3. The summed E-state index contributed by atoms with van der Waals surface area (Å²) in [6, 6.07) is 0. The largest absolute Gasteiger partial charge is 0.462 e. The Morgan fingerprint density at radius 2 is 1.57 bits per heavy atom. The molecular weight excluding hydrogens is 565 g/mol. The molecule has 2 aromatic heterocycles. The van der Waals surface area contributed by atoms with Gasteiger partial charge >= 0.3 is 18.0 Å². The molecule has 2 aliphatic carbocycles. The van der Waals surface area contributed by atoms with Crippen molar-refractivity contribution < 1.29 is 28.2 Å². The number of ether oxygens (including phenoxy) is 3. The zero-order valence-corrected chi connectivity index (χ0v) is 26.6. The lowest BCUT2D eigenvalue weighted by Gasteiger charge is -2.33. The number of imidazole rings is 1. The van der Waals surface area contributed by atoms with Crippen LogP contribution in [0.4, 0.5) is 10.2 Å². The van der Waals surface area contributed by atoms with E-state index in [0.29, 0.717) is 11.8 Å². The Kier molecular flexibility index (Phi) is 10.7. The van der Waals surface area contributed by atoms with E-state index in [1.54, 1.807) is 4.57 Å². The van der Waals surface area contributed by atoms with Crippen molar-refractivity contribution in [1.82, 2.24) is 19.5 Å². The van der Waals surface area contributed by atoms with Crippen LogP contribution in [0.5, 0.6) is 0 Å². The van der Waals surface area contributed by atoms with Crippen LogP contribution in [-0.2, 0) is 23.8 Å². The Bertz CT molecular complexity index is 1270. The van der Waals surface area contributed by atoms with Gasteiger partial charge in [0.2, 0.25) is 0 Å². The maximum Gasteiger partial charge on any atom is 0.312 e. The molecule has 3 atom stereocenters. The molecule has 2 saturated carbocycles. The lowest BCUT2D eigenvalue weighted by atomic mass is 9.80. The van der Waals surface area contributed by atoms with E-state index in [1.807, 2.05) is 6.92 Å². The molecule has 0 unspecified atom stereocenters. The molecular formula is C33H50FN5O5. The summed E-state index contributed by atoms with van der Waals surface area (Å²) in [7, 11) is 0. The normalized spacial score (nSPS) is 30.8. The predicted molar refractivity (Wildman–Crippen MR) is 164 cm³/mol. The number of hydrogen-bond acceptors (Lipinski definition) is 9. The summed E-state index contributed by atoms with van der Waals surface area (Å²) in [6.07, 6.45) is 14.2. The van der Waals surface area contributed by atoms with Crippen molar-refractivity contribution in [3.63, 3.8) is 0 Å². The summed E-state index contributed by atoms with van der Waals surface area (Å²) in [4.78, 5) is 38.4. The molecule has 1 saturated heterocycles. The van der Waals surface area contributed by atoms with E-state index in [9.17, 15) is 14.0 Å². The zero-order valence-electron chi connectivity index (χ0n) is 26.6. The van der Waals surface area contributed by atoms with Crippen LogP contribution >= 0.6 is 0 Å². The lowest BCUT2D eigenvalue weighted by molar-refractivity contribution is -0.179. The van der Waals surface area contributed by atoms with Gasteiger partial charge in [-0.1, -0.05) is 52.4 Å². The zero-order chi connectivity index (χ0) is 31.3. The number of esters is 2. The SMILES string of the molecule is CCCCC1CCC(C(=O)OC[C@@]2(C)O[C@@H](n3cnc4c(N)nc(F)nc43)C[C@@H]2OC(=O)C2CCC(CCCC)CC2)CC1. The van der Waals surface area contributed by atoms with E-state index in [0.717, 1.165) is 51.4 Å². The fraction of sp³-hybridized carbons (Fsp3) is 0.788. The van der Waals surface area contributed by atoms with Gasteiger partial charge in [-0.3, -0.25) is 14.2 Å². The van der Waals surface area contributed by atoms with Gasteiger partial charge in [0.15, 0.2) is 17.0 Å². The number of fused-ring (bicyclic) bond motifs is 1. The van der Waals surface area contributed by atoms with Gasteiger partial charge < -0.3 is 19.9 Å². The molecule has 11 heteroatoms. The Labute approximate surface area is 260 Å². The molecule has 5 rings (SSSR count). The van der Waals surface area contributed by atoms with Crippen molar-refractivity contribution in [2.45, 2.75) is 135 Å². The lowest BCUT2D eigenvalue weighted by Crippen LogP contribution is -2.45. The molecule has 2 aromatic rings. The highest BCUT2D eigenvalue weighted by Gasteiger charge is 2.50. The average molecular weight is 616 g/mol. The molecule has 3 heterocycles. The first kappa shape index (κ1) is 32.6. The highest BCUT2D eigenvalue weighted by Crippen LogP contribution is 2.42. The van der Waals surface area contributed by atoms with Crippen LogP contribution in [0.25, 0.3) is 11.2 Å². The van der Waals surface area contributed by atoms with Gasteiger partial charge in [0, 0.05) is 6.42 Å². The van der Waals surface area contributed by atoms with Crippen molar-refractivity contribution in [3.05, 3.63) is 12.4 Å². The topological polar surface area (TPSA) is 131 Å². The summed E-state index contributed by atoms with van der Waals surface area (Å²) in [5, 5.41) is 0. The summed E-state index contributed by atoms with van der Waals surface area (Å²) in [5.41, 5.74) is 5.23. The molecule has 10 nitrogen and oxygen atoms in total. The molecule has 1 aliphatic heterocycles. The van der Waals surface area contributed by atoms with Crippen molar-refractivity contribution in [3.8, 4) is 0 Å². The number of nitrogens with zero attached hydrogens (tertiary/aromatic N) is 4. The van der Waals surface area contributed by atoms with E-state index in [1.165, 1.54) is 44.9 Å². The highest BCUT2D eigenvalue weighted by atomic mass is 19.1. The third-order valence-electron chi connectivity index (χ3n) is 10.3. The maximum absolute atomic E-state index is 14.1. The number of anilines is 1. The van der Waals surface area contributed by atoms with E-state index in [2.05, 4.69) is 28.8 Å². The van der Waals surface area contributed by atoms with Crippen LogP contribution in [0.2, 0.25) is 0 Å². The third-order valence-corrected chi connectivity index (χ3v) is 10.3. The van der Waals surface area contributed by atoms with Crippen molar-refractivity contribution >= 4 is 28.9 Å². The molecule has 3 fully saturated rings. The fourth-order valence-electron chi connectivity index (χ4n) is 7.39. The Hall–Kier alpha value is -2.82. The predicted octanol–water partition coefficient (Wildman–Crippen LogP) is 6.67. The number of nitrogen functional groups attached to an aromatic ring is 1. The second kappa shape index (κ2) is 14.5. The average Bonchev–Trinajstić information content (AvgIpc) is 3.59. The van der Waals surface area contributed by atoms with Gasteiger partial charge in [-0.05, 0) is 70.1 Å². The van der Waals surface area contributed by atoms with Crippen LogP contribution in [0.3, 0.4) is 0 Å².